The Balaban J connectivity index is 5.07. The lowest BCUT2D eigenvalue weighted by Crippen LogP contribution is -2.16. The van der Waals surface area contributed by atoms with Crippen LogP contribution >= 0.6 is 0 Å². The van der Waals surface area contributed by atoms with Gasteiger partial charge in [0.2, 0.25) is 0 Å². The van der Waals surface area contributed by atoms with Gasteiger partial charge in [0.25, 0.3) is 5.70 Å². The minimum absolute atomic E-state index is 0.372. The maximum atomic E-state index is 13.0. The minimum atomic E-state index is -1.86. The Bertz CT molecular complexity index is 280. The first kappa shape index (κ1) is 12.5. The van der Waals surface area contributed by atoms with Crippen LogP contribution < -0.4 is 5.73 Å². The Morgan fingerprint density at radius 2 is 2.14 bits per heavy atom. The van der Waals surface area contributed by atoms with Crippen LogP contribution in [0, 0.1) is 10.1 Å². The van der Waals surface area contributed by atoms with E-state index in [1.165, 1.54) is 0 Å². The van der Waals surface area contributed by atoms with E-state index in [4.69, 9.17) is 5.73 Å². The fourth-order valence-electron chi connectivity index (χ4n) is 0.754. The van der Waals surface area contributed by atoms with Crippen molar-refractivity contribution in [3.63, 3.8) is 0 Å². The van der Waals surface area contributed by atoms with Crippen molar-refractivity contribution in [3.8, 4) is 0 Å². The first-order chi connectivity index (χ1) is 6.28. The molecular weight excluding hydrogens is 194 g/mol. The third-order valence-electron chi connectivity index (χ3n) is 1.27. The zero-order valence-corrected chi connectivity index (χ0v) is 7.96. The van der Waals surface area contributed by atoms with E-state index >= 15 is 0 Å². The van der Waals surface area contributed by atoms with Crippen LogP contribution in [0.3, 0.4) is 0 Å². The molecule has 6 heteroatoms. The van der Waals surface area contributed by atoms with Gasteiger partial charge in [-0.15, -0.1) is 0 Å². The summed E-state index contributed by atoms with van der Waals surface area (Å²) >= 11 is 0. The van der Waals surface area contributed by atoms with E-state index in [2.05, 4.69) is 0 Å². The van der Waals surface area contributed by atoms with E-state index in [0.717, 1.165) is 26.0 Å². The molecule has 80 valence electrons. The average molecular weight is 206 g/mol. The third kappa shape index (κ3) is 4.54. The number of nitrogens with zero attached hydrogens (tertiary/aromatic N) is 1. The lowest BCUT2D eigenvalue weighted by atomic mass is 10.1. The maximum Gasteiger partial charge on any atom is 0.291 e. The molecule has 0 spiro atoms. The van der Waals surface area contributed by atoms with Gasteiger partial charge in [0, 0.05) is 6.08 Å². The second kappa shape index (κ2) is 4.69. The average Bonchev–Trinajstić information content (AvgIpc) is 1.98. The van der Waals surface area contributed by atoms with Crippen LogP contribution in [-0.2, 0) is 0 Å². The highest BCUT2D eigenvalue weighted by Gasteiger charge is 2.22. The van der Waals surface area contributed by atoms with Gasteiger partial charge in [-0.2, -0.15) is 0 Å². The van der Waals surface area contributed by atoms with Crippen LogP contribution in [0.5, 0.6) is 0 Å². The standard InChI is InChI=1S/C8H12F2N2O2/c1-8(2,10)5-7(12(13)14)6(11)3-4-9/h3,5H,4,11H2,1-2H3/b6-3+,7-5+. The Hall–Kier alpha value is -1.46. The summed E-state index contributed by atoms with van der Waals surface area (Å²) in [4.78, 5) is 9.58. The predicted molar refractivity (Wildman–Crippen MR) is 48.5 cm³/mol. The van der Waals surface area contributed by atoms with Crippen LogP contribution in [0.2, 0.25) is 0 Å². The predicted octanol–water partition coefficient (Wildman–Crippen LogP) is 1.71. The van der Waals surface area contributed by atoms with Crippen molar-refractivity contribution in [2.75, 3.05) is 6.67 Å². The van der Waals surface area contributed by atoms with Crippen molar-refractivity contribution >= 4 is 0 Å². The summed E-state index contributed by atoms with van der Waals surface area (Å²) in [7, 11) is 0. The molecule has 0 saturated heterocycles. The Labute approximate surface area is 80.2 Å². The number of hydrogen-bond donors (Lipinski definition) is 1. The molecule has 0 aliphatic carbocycles. The molecule has 0 aliphatic rings. The van der Waals surface area contributed by atoms with Crippen LogP contribution in [0.4, 0.5) is 8.78 Å². The lowest BCUT2D eigenvalue weighted by molar-refractivity contribution is -0.421. The normalized spacial score (nSPS) is 14.3. The summed E-state index contributed by atoms with van der Waals surface area (Å²) in [5, 5.41) is 10.4. The first-order valence-electron chi connectivity index (χ1n) is 3.86. The van der Waals surface area contributed by atoms with Gasteiger partial charge in [-0.25, -0.2) is 8.78 Å². The van der Waals surface area contributed by atoms with Crippen molar-refractivity contribution in [1.29, 1.82) is 0 Å². The van der Waals surface area contributed by atoms with Gasteiger partial charge in [-0.05, 0) is 19.9 Å². The van der Waals surface area contributed by atoms with E-state index in [1.807, 2.05) is 0 Å². The molecule has 4 nitrogen and oxygen atoms in total. The number of alkyl halides is 2. The number of halogens is 2. The van der Waals surface area contributed by atoms with Gasteiger partial charge in [0.05, 0.1) is 4.92 Å². The summed E-state index contributed by atoms with van der Waals surface area (Å²) in [6.45, 7) is 1.35. The summed E-state index contributed by atoms with van der Waals surface area (Å²) in [5.41, 5.74) is 2.33. The molecule has 0 aromatic rings. The zero-order chi connectivity index (χ0) is 11.4. The van der Waals surface area contributed by atoms with E-state index in [0.29, 0.717) is 0 Å². The number of nitro groups is 1. The molecule has 0 aromatic carbocycles. The Morgan fingerprint density at radius 1 is 1.64 bits per heavy atom. The molecule has 0 aliphatic heterocycles. The molecular formula is C8H12F2N2O2. The molecule has 0 radical (unpaired) electrons. The Morgan fingerprint density at radius 3 is 2.43 bits per heavy atom. The largest absolute Gasteiger partial charge is 0.393 e. The van der Waals surface area contributed by atoms with Crippen LogP contribution in [0.25, 0.3) is 0 Å². The van der Waals surface area contributed by atoms with Crippen LogP contribution in [-0.4, -0.2) is 17.3 Å². The summed E-state index contributed by atoms with van der Waals surface area (Å²) in [6.07, 6.45) is 1.56. The number of hydrogen-bond acceptors (Lipinski definition) is 3. The molecule has 0 saturated carbocycles. The van der Waals surface area contributed by atoms with Gasteiger partial charge >= 0.3 is 0 Å². The topological polar surface area (TPSA) is 69.2 Å². The van der Waals surface area contributed by atoms with Crippen molar-refractivity contribution < 1.29 is 13.7 Å². The van der Waals surface area contributed by atoms with E-state index in [1.54, 1.807) is 0 Å². The van der Waals surface area contributed by atoms with E-state index in [-0.39, 0.29) is 5.70 Å². The summed E-state index contributed by atoms with van der Waals surface area (Å²) in [5.74, 6) is 0. The quantitative estimate of drug-likeness (QED) is 0.432. The highest BCUT2D eigenvalue weighted by Crippen LogP contribution is 2.16. The zero-order valence-electron chi connectivity index (χ0n) is 7.96. The van der Waals surface area contributed by atoms with Gasteiger partial charge in [0.1, 0.15) is 18.0 Å². The van der Waals surface area contributed by atoms with Gasteiger partial charge in [-0.1, -0.05) is 0 Å². The number of nitrogens with two attached hydrogens (primary N) is 1. The molecule has 0 amide bonds. The van der Waals surface area contributed by atoms with E-state index in [9.17, 15) is 18.9 Å². The molecule has 0 heterocycles. The smallest absolute Gasteiger partial charge is 0.291 e. The molecule has 2 N–H and O–H groups in total. The molecule has 0 aromatic heterocycles. The molecule has 0 unspecified atom stereocenters. The van der Waals surface area contributed by atoms with Crippen molar-refractivity contribution in [3.05, 3.63) is 33.7 Å². The minimum Gasteiger partial charge on any atom is -0.393 e. The monoisotopic (exact) mass is 206 g/mol. The fourth-order valence-corrected chi connectivity index (χ4v) is 0.754. The molecule has 14 heavy (non-hydrogen) atoms. The number of allylic oxidation sites excluding steroid dienone is 2. The SMILES string of the molecule is CC(C)(F)/C=C(\C(N)=C/CF)[N+](=O)[O-]. The maximum absolute atomic E-state index is 13.0. The van der Waals surface area contributed by atoms with Gasteiger partial charge in [-0.3, -0.25) is 10.1 Å². The third-order valence-corrected chi connectivity index (χ3v) is 1.27. The highest BCUT2D eigenvalue weighted by molar-refractivity contribution is 5.24. The second-order valence-corrected chi connectivity index (χ2v) is 3.16. The van der Waals surface area contributed by atoms with Crippen LogP contribution in [0.1, 0.15) is 13.8 Å². The van der Waals surface area contributed by atoms with E-state index < -0.39 is 23.0 Å². The first-order valence-corrected chi connectivity index (χ1v) is 3.86. The van der Waals surface area contributed by atoms with Gasteiger partial charge < -0.3 is 5.73 Å². The Kier molecular flexibility index (Phi) is 4.20. The molecule has 0 bridgehead atoms. The van der Waals surface area contributed by atoms with Gasteiger partial charge in [0.15, 0.2) is 0 Å². The van der Waals surface area contributed by atoms with Crippen LogP contribution in [0.15, 0.2) is 23.5 Å². The van der Waals surface area contributed by atoms with Crippen molar-refractivity contribution in [1.82, 2.24) is 0 Å². The summed E-state index contributed by atoms with van der Waals surface area (Å²) in [6, 6.07) is 0. The molecule has 0 atom stereocenters. The highest BCUT2D eigenvalue weighted by atomic mass is 19.1. The molecule has 0 rings (SSSR count). The lowest BCUT2D eigenvalue weighted by Gasteiger charge is -2.07. The van der Waals surface area contributed by atoms with Crippen molar-refractivity contribution in [2.24, 2.45) is 5.73 Å². The summed E-state index contributed by atoms with van der Waals surface area (Å²) < 4.78 is 24.8. The molecule has 0 fully saturated rings. The fraction of sp³-hybridized carbons (Fsp3) is 0.500. The number of rotatable bonds is 4. The van der Waals surface area contributed by atoms with Crippen molar-refractivity contribution in [2.45, 2.75) is 19.5 Å². The second-order valence-electron chi connectivity index (χ2n) is 3.16.